The monoisotopic (exact) mass is 441 g/mol. The predicted octanol–water partition coefficient (Wildman–Crippen LogP) is 2.84. The van der Waals surface area contributed by atoms with Gasteiger partial charge in [0.15, 0.2) is 16.7 Å². The van der Waals surface area contributed by atoms with E-state index in [1.807, 2.05) is 41.8 Å². The SMILES string of the molecule is COc1cc(/C=N/NC(=O)CSc2nnc(C)n2-c2ccccc2)cc(OC)c1OC. The van der Waals surface area contributed by atoms with Crippen LogP contribution in [-0.2, 0) is 4.79 Å². The Morgan fingerprint density at radius 2 is 1.77 bits per heavy atom. The van der Waals surface area contributed by atoms with Crippen molar-refractivity contribution < 1.29 is 19.0 Å². The molecule has 0 aliphatic heterocycles. The number of nitrogens with zero attached hydrogens (tertiary/aromatic N) is 4. The van der Waals surface area contributed by atoms with Crippen molar-refractivity contribution in [1.82, 2.24) is 20.2 Å². The average Bonchev–Trinajstić information content (AvgIpc) is 3.17. The smallest absolute Gasteiger partial charge is 0.250 e. The molecule has 0 aliphatic rings. The highest BCUT2D eigenvalue weighted by molar-refractivity contribution is 7.99. The predicted molar refractivity (Wildman–Crippen MR) is 119 cm³/mol. The molecule has 0 saturated heterocycles. The van der Waals surface area contributed by atoms with Crippen molar-refractivity contribution in [2.75, 3.05) is 27.1 Å². The van der Waals surface area contributed by atoms with Crippen molar-refractivity contribution in [3.63, 3.8) is 0 Å². The zero-order chi connectivity index (χ0) is 22.2. The first-order valence-electron chi connectivity index (χ1n) is 9.29. The van der Waals surface area contributed by atoms with Crippen LogP contribution in [0.15, 0.2) is 52.7 Å². The van der Waals surface area contributed by atoms with Crippen LogP contribution in [0.2, 0.25) is 0 Å². The van der Waals surface area contributed by atoms with Gasteiger partial charge >= 0.3 is 0 Å². The molecular formula is C21H23N5O4S. The average molecular weight is 442 g/mol. The molecule has 3 rings (SSSR count). The highest BCUT2D eigenvalue weighted by Gasteiger charge is 2.14. The van der Waals surface area contributed by atoms with E-state index in [1.54, 1.807) is 12.1 Å². The second-order valence-corrected chi connectivity index (χ2v) is 7.18. The van der Waals surface area contributed by atoms with E-state index in [-0.39, 0.29) is 11.7 Å². The van der Waals surface area contributed by atoms with Gasteiger partial charge in [-0.3, -0.25) is 9.36 Å². The van der Waals surface area contributed by atoms with E-state index >= 15 is 0 Å². The third-order valence-electron chi connectivity index (χ3n) is 4.23. The molecule has 0 bridgehead atoms. The molecule has 162 valence electrons. The lowest BCUT2D eigenvalue weighted by molar-refractivity contribution is -0.118. The van der Waals surface area contributed by atoms with Gasteiger partial charge in [-0.1, -0.05) is 30.0 Å². The minimum atomic E-state index is -0.269. The Balaban J connectivity index is 1.63. The molecule has 0 fully saturated rings. The fourth-order valence-corrected chi connectivity index (χ4v) is 3.62. The maximum Gasteiger partial charge on any atom is 0.250 e. The third kappa shape index (κ3) is 5.34. The van der Waals surface area contributed by atoms with Crippen LogP contribution in [0.25, 0.3) is 5.69 Å². The second-order valence-electron chi connectivity index (χ2n) is 6.24. The van der Waals surface area contributed by atoms with E-state index in [0.717, 1.165) is 11.5 Å². The number of amides is 1. The fourth-order valence-electron chi connectivity index (χ4n) is 2.83. The van der Waals surface area contributed by atoms with Gasteiger partial charge in [0.25, 0.3) is 5.91 Å². The minimum absolute atomic E-state index is 0.136. The second kappa shape index (κ2) is 10.5. The number of para-hydroxylation sites is 1. The van der Waals surface area contributed by atoms with Crippen molar-refractivity contribution in [3.8, 4) is 22.9 Å². The summed E-state index contributed by atoms with van der Waals surface area (Å²) in [7, 11) is 4.60. The first kappa shape index (κ1) is 22.2. The van der Waals surface area contributed by atoms with Gasteiger partial charge in [-0.15, -0.1) is 10.2 Å². The molecule has 1 N–H and O–H groups in total. The molecular weight excluding hydrogens is 418 g/mol. The highest BCUT2D eigenvalue weighted by atomic mass is 32.2. The maximum atomic E-state index is 12.2. The van der Waals surface area contributed by atoms with Gasteiger partial charge in [0, 0.05) is 11.3 Å². The molecule has 1 amide bonds. The Labute approximate surface area is 184 Å². The van der Waals surface area contributed by atoms with Crippen LogP contribution in [0.1, 0.15) is 11.4 Å². The Morgan fingerprint density at radius 3 is 2.39 bits per heavy atom. The maximum absolute atomic E-state index is 12.2. The standard InChI is InChI=1S/C21H23N5O4S/c1-14-23-25-21(26(14)16-8-6-5-7-9-16)31-13-19(27)24-22-12-15-10-17(28-2)20(30-4)18(11-15)29-3/h5-12H,13H2,1-4H3,(H,24,27)/b22-12+. The number of aromatic nitrogens is 3. The lowest BCUT2D eigenvalue weighted by atomic mass is 10.2. The van der Waals surface area contributed by atoms with Crippen molar-refractivity contribution in [3.05, 3.63) is 53.9 Å². The quantitative estimate of drug-likeness (QED) is 0.310. The molecule has 31 heavy (non-hydrogen) atoms. The Morgan fingerprint density at radius 1 is 1.10 bits per heavy atom. The molecule has 9 nitrogen and oxygen atoms in total. The summed E-state index contributed by atoms with van der Waals surface area (Å²) in [5.74, 6) is 2.10. The number of rotatable bonds is 9. The molecule has 10 heteroatoms. The zero-order valence-electron chi connectivity index (χ0n) is 17.7. The minimum Gasteiger partial charge on any atom is -0.493 e. The van der Waals surface area contributed by atoms with Crippen LogP contribution in [0.5, 0.6) is 17.2 Å². The van der Waals surface area contributed by atoms with Gasteiger partial charge < -0.3 is 14.2 Å². The van der Waals surface area contributed by atoms with Crippen molar-refractivity contribution in [1.29, 1.82) is 0 Å². The molecule has 1 aromatic heterocycles. The molecule has 0 atom stereocenters. The number of carbonyl (C=O) groups is 1. The summed E-state index contributed by atoms with van der Waals surface area (Å²) in [4.78, 5) is 12.2. The summed E-state index contributed by atoms with van der Waals surface area (Å²) < 4.78 is 17.8. The number of hydrogen-bond donors (Lipinski definition) is 1. The number of methoxy groups -OCH3 is 3. The van der Waals surface area contributed by atoms with Crippen LogP contribution >= 0.6 is 11.8 Å². The van der Waals surface area contributed by atoms with Gasteiger partial charge in [0.1, 0.15) is 5.82 Å². The van der Waals surface area contributed by atoms with E-state index in [9.17, 15) is 4.79 Å². The van der Waals surface area contributed by atoms with E-state index in [0.29, 0.717) is 28.0 Å². The first-order chi connectivity index (χ1) is 15.1. The van der Waals surface area contributed by atoms with E-state index in [1.165, 1.54) is 39.3 Å². The summed E-state index contributed by atoms with van der Waals surface area (Å²) >= 11 is 1.28. The Hall–Kier alpha value is -3.53. The number of nitrogens with one attached hydrogen (secondary N) is 1. The molecule has 0 spiro atoms. The van der Waals surface area contributed by atoms with Crippen molar-refractivity contribution >= 4 is 23.9 Å². The highest BCUT2D eigenvalue weighted by Crippen LogP contribution is 2.37. The number of hydrazone groups is 1. The normalized spacial score (nSPS) is 10.8. The van der Waals surface area contributed by atoms with Crippen LogP contribution < -0.4 is 19.6 Å². The molecule has 1 heterocycles. The lowest BCUT2D eigenvalue weighted by Gasteiger charge is -2.12. The van der Waals surface area contributed by atoms with Gasteiger partial charge in [-0.05, 0) is 31.2 Å². The van der Waals surface area contributed by atoms with Crippen LogP contribution in [0.4, 0.5) is 0 Å². The fraction of sp³-hybridized carbons (Fsp3) is 0.238. The lowest BCUT2D eigenvalue weighted by Crippen LogP contribution is -2.20. The van der Waals surface area contributed by atoms with Crippen molar-refractivity contribution in [2.45, 2.75) is 12.1 Å². The van der Waals surface area contributed by atoms with Crippen LogP contribution in [0.3, 0.4) is 0 Å². The Kier molecular flexibility index (Phi) is 7.50. The molecule has 2 aromatic carbocycles. The number of thioether (sulfide) groups is 1. The van der Waals surface area contributed by atoms with Crippen LogP contribution in [-0.4, -0.2) is 54.0 Å². The van der Waals surface area contributed by atoms with Crippen molar-refractivity contribution in [2.24, 2.45) is 5.10 Å². The Bertz CT molecular complexity index is 1040. The summed E-state index contributed by atoms with van der Waals surface area (Å²) in [6.45, 7) is 1.87. The van der Waals surface area contributed by atoms with Gasteiger partial charge in [-0.2, -0.15) is 5.10 Å². The summed E-state index contributed by atoms with van der Waals surface area (Å²) in [5.41, 5.74) is 4.13. The molecule has 3 aromatic rings. The van der Waals surface area contributed by atoms with E-state index < -0.39 is 0 Å². The number of benzene rings is 2. The van der Waals surface area contributed by atoms with Gasteiger partial charge in [-0.25, -0.2) is 5.43 Å². The summed E-state index contributed by atoms with van der Waals surface area (Å²) in [6, 6.07) is 13.2. The number of hydrogen-bond acceptors (Lipinski definition) is 8. The van der Waals surface area contributed by atoms with E-state index in [2.05, 4.69) is 20.7 Å². The molecule has 0 aliphatic carbocycles. The first-order valence-corrected chi connectivity index (χ1v) is 10.3. The topological polar surface area (TPSA) is 99.9 Å². The number of aryl methyl sites for hydroxylation is 1. The van der Waals surface area contributed by atoms with Crippen LogP contribution in [0, 0.1) is 6.92 Å². The van der Waals surface area contributed by atoms with Gasteiger partial charge in [0.2, 0.25) is 5.75 Å². The zero-order valence-corrected chi connectivity index (χ0v) is 18.5. The number of carbonyl (C=O) groups excluding carboxylic acids is 1. The largest absolute Gasteiger partial charge is 0.493 e. The molecule has 0 unspecified atom stereocenters. The molecule has 0 saturated carbocycles. The summed E-state index contributed by atoms with van der Waals surface area (Å²) in [6.07, 6.45) is 1.50. The summed E-state index contributed by atoms with van der Waals surface area (Å²) in [5, 5.41) is 12.9. The van der Waals surface area contributed by atoms with E-state index in [4.69, 9.17) is 14.2 Å². The number of ether oxygens (including phenoxy) is 3. The van der Waals surface area contributed by atoms with Gasteiger partial charge in [0.05, 0.1) is 33.3 Å². The molecule has 0 radical (unpaired) electrons. The third-order valence-corrected chi connectivity index (χ3v) is 5.16.